The number of rotatable bonds is 9. The van der Waals surface area contributed by atoms with Crippen molar-refractivity contribution in [2.75, 3.05) is 0 Å². The Hall–Kier alpha value is -1.86. The number of hydrogen-bond acceptors (Lipinski definition) is 5. The van der Waals surface area contributed by atoms with Crippen molar-refractivity contribution in [2.45, 2.75) is 110 Å². The Kier molecular flexibility index (Phi) is 8.45. The maximum atomic E-state index is 13.3. The van der Waals surface area contributed by atoms with Gasteiger partial charge in [0.05, 0.1) is 17.6 Å². The molecule has 0 aliphatic heterocycles. The highest BCUT2D eigenvalue weighted by Crippen LogP contribution is 2.54. The summed E-state index contributed by atoms with van der Waals surface area (Å²) in [5.74, 6) is -0.239. The van der Waals surface area contributed by atoms with Gasteiger partial charge in [-0.2, -0.15) is 0 Å². The molecular weight excluding hydrogens is 434 g/mol. The van der Waals surface area contributed by atoms with E-state index in [2.05, 4.69) is 39.2 Å². The Bertz CT molecular complexity index is 806. The third kappa shape index (κ3) is 7.31. The third-order valence-corrected chi connectivity index (χ3v) is 11.1. The third-order valence-electron chi connectivity index (χ3n) is 6.69. The van der Waals surface area contributed by atoms with Gasteiger partial charge in [0.15, 0.2) is 8.32 Å². The van der Waals surface area contributed by atoms with E-state index >= 15 is 0 Å². The molecule has 1 fully saturated rings. The van der Waals surface area contributed by atoms with Crippen molar-refractivity contribution in [3.8, 4) is 0 Å². The first-order valence-electron chi connectivity index (χ1n) is 12.0. The van der Waals surface area contributed by atoms with Crippen LogP contribution in [-0.4, -0.2) is 38.1 Å². The molecule has 1 aromatic carbocycles. The number of esters is 1. The lowest BCUT2D eigenvalue weighted by molar-refractivity contribution is -0.167. The number of benzene rings is 1. The van der Waals surface area contributed by atoms with Crippen molar-refractivity contribution >= 4 is 20.4 Å². The molecule has 0 saturated heterocycles. The molecule has 0 heterocycles. The summed E-state index contributed by atoms with van der Waals surface area (Å²) in [6.45, 7) is 18.7. The highest BCUT2D eigenvalue weighted by molar-refractivity contribution is 6.74. The number of alkyl carbamates (subject to hydrolysis) is 1. The summed E-state index contributed by atoms with van der Waals surface area (Å²) < 4.78 is 18.1. The van der Waals surface area contributed by atoms with E-state index in [1.807, 2.05) is 58.0 Å². The lowest BCUT2D eigenvalue weighted by Crippen LogP contribution is -2.57. The Morgan fingerprint density at radius 2 is 1.64 bits per heavy atom. The quantitative estimate of drug-likeness (QED) is 0.338. The smallest absolute Gasteiger partial charge is 0.407 e. The second kappa shape index (κ2) is 10.2. The second-order valence-electron chi connectivity index (χ2n) is 11.7. The molecule has 0 radical (unpaired) electrons. The molecule has 1 N–H and O–H groups in total. The molecule has 0 bridgehead atoms. The molecule has 1 saturated carbocycles. The van der Waals surface area contributed by atoms with E-state index in [1.54, 1.807) is 0 Å². The van der Waals surface area contributed by atoms with Crippen LogP contribution in [0.15, 0.2) is 30.3 Å². The molecule has 2 unspecified atom stereocenters. The molecule has 1 aromatic rings. The summed E-state index contributed by atoms with van der Waals surface area (Å²) in [4.78, 5) is 26.0. The molecule has 1 aliphatic rings. The van der Waals surface area contributed by atoms with E-state index in [0.717, 1.165) is 5.56 Å². The van der Waals surface area contributed by atoms with E-state index in [4.69, 9.17) is 13.9 Å². The summed E-state index contributed by atoms with van der Waals surface area (Å²) in [7, 11) is -2.24. The predicted molar refractivity (Wildman–Crippen MR) is 133 cm³/mol. The largest absolute Gasteiger partial charge is 0.459 e. The van der Waals surface area contributed by atoms with Crippen LogP contribution in [0.2, 0.25) is 18.1 Å². The Labute approximate surface area is 200 Å². The van der Waals surface area contributed by atoms with Crippen molar-refractivity contribution < 1.29 is 23.5 Å². The minimum atomic E-state index is -2.24. The van der Waals surface area contributed by atoms with Gasteiger partial charge in [-0.25, -0.2) is 4.79 Å². The zero-order valence-electron chi connectivity index (χ0n) is 21.9. The standard InChI is InChI=1S/C26H43NO5Si/c1-10-20(27-23(29)30-18-19-14-12-11-13-15-19)21(32-33(8,9)25(5,6)7)26(16-17-26)22(28)31-24(2,3)4/h11-15,20-21H,10,16-18H2,1-9H3,(H,27,29). The van der Waals surface area contributed by atoms with E-state index in [-0.39, 0.29) is 23.7 Å². The fraction of sp³-hybridized carbons (Fsp3) is 0.692. The lowest BCUT2D eigenvalue weighted by atomic mass is 9.91. The van der Waals surface area contributed by atoms with Crippen LogP contribution in [0.25, 0.3) is 0 Å². The van der Waals surface area contributed by atoms with E-state index in [1.165, 1.54) is 0 Å². The van der Waals surface area contributed by atoms with Crippen LogP contribution < -0.4 is 5.32 Å². The monoisotopic (exact) mass is 477 g/mol. The zero-order chi connectivity index (χ0) is 25.1. The van der Waals surface area contributed by atoms with Crippen LogP contribution in [0.3, 0.4) is 0 Å². The van der Waals surface area contributed by atoms with E-state index in [0.29, 0.717) is 19.3 Å². The van der Waals surface area contributed by atoms with E-state index < -0.39 is 31.5 Å². The maximum Gasteiger partial charge on any atom is 0.407 e. The molecule has 6 nitrogen and oxygen atoms in total. The van der Waals surface area contributed by atoms with Crippen molar-refractivity contribution in [3.05, 3.63) is 35.9 Å². The van der Waals surface area contributed by atoms with Crippen molar-refractivity contribution in [1.29, 1.82) is 0 Å². The topological polar surface area (TPSA) is 73.9 Å². The molecule has 1 aliphatic carbocycles. The Balaban J connectivity index is 2.25. The van der Waals surface area contributed by atoms with Crippen molar-refractivity contribution in [1.82, 2.24) is 5.32 Å². The maximum absolute atomic E-state index is 13.3. The van der Waals surface area contributed by atoms with Crippen LogP contribution >= 0.6 is 0 Å². The van der Waals surface area contributed by atoms with Crippen LogP contribution in [0, 0.1) is 5.41 Å². The number of nitrogens with one attached hydrogen (secondary N) is 1. The highest BCUT2D eigenvalue weighted by Gasteiger charge is 2.62. The fourth-order valence-electron chi connectivity index (χ4n) is 3.50. The molecule has 0 aromatic heterocycles. The first-order valence-corrected chi connectivity index (χ1v) is 14.9. The fourth-order valence-corrected chi connectivity index (χ4v) is 4.88. The highest BCUT2D eigenvalue weighted by atomic mass is 28.4. The number of carbonyl (C=O) groups excluding carboxylic acids is 2. The van der Waals surface area contributed by atoms with Crippen LogP contribution in [0.4, 0.5) is 4.79 Å². The normalized spacial score (nSPS) is 17.6. The summed E-state index contributed by atoms with van der Waals surface area (Å²) in [6, 6.07) is 9.20. The van der Waals surface area contributed by atoms with Crippen molar-refractivity contribution in [2.24, 2.45) is 5.41 Å². The molecule has 7 heteroatoms. The number of amides is 1. The minimum Gasteiger partial charge on any atom is -0.459 e. The van der Waals surface area contributed by atoms with Crippen LogP contribution in [0.5, 0.6) is 0 Å². The number of hydrogen-bond donors (Lipinski definition) is 1. The average Bonchev–Trinajstić information content (AvgIpc) is 3.49. The van der Waals surface area contributed by atoms with Gasteiger partial charge >= 0.3 is 12.1 Å². The van der Waals surface area contributed by atoms with Gasteiger partial charge < -0.3 is 19.2 Å². The summed E-state index contributed by atoms with van der Waals surface area (Å²) in [6.07, 6.45) is 1.03. The molecular formula is C26H43NO5Si. The van der Waals surface area contributed by atoms with Gasteiger partial charge in [-0.1, -0.05) is 58.0 Å². The molecule has 33 heavy (non-hydrogen) atoms. The van der Waals surface area contributed by atoms with Crippen molar-refractivity contribution in [3.63, 3.8) is 0 Å². The number of carbonyl (C=O) groups is 2. The SMILES string of the molecule is CCC(NC(=O)OCc1ccccc1)C(O[Si](C)(C)C(C)(C)C)C1(C(=O)OC(C)(C)C)CC1. The second-order valence-corrected chi connectivity index (χ2v) is 16.4. The minimum absolute atomic E-state index is 0.0403. The average molecular weight is 478 g/mol. The van der Waals surface area contributed by atoms with Gasteiger partial charge in [0.1, 0.15) is 12.2 Å². The first-order chi connectivity index (χ1) is 15.1. The van der Waals surface area contributed by atoms with Gasteiger partial charge in [0.25, 0.3) is 0 Å². The number of ether oxygens (including phenoxy) is 2. The van der Waals surface area contributed by atoms with Crippen LogP contribution in [0.1, 0.15) is 73.3 Å². The lowest BCUT2D eigenvalue weighted by Gasteiger charge is -2.44. The molecule has 2 atom stereocenters. The molecule has 2 rings (SSSR count). The zero-order valence-corrected chi connectivity index (χ0v) is 22.9. The Morgan fingerprint density at radius 3 is 2.09 bits per heavy atom. The summed E-state index contributed by atoms with van der Waals surface area (Å²) in [5, 5.41) is 2.96. The molecule has 186 valence electrons. The van der Waals surface area contributed by atoms with Gasteiger partial charge in [0.2, 0.25) is 0 Å². The van der Waals surface area contributed by atoms with Gasteiger partial charge in [0, 0.05) is 0 Å². The van der Waals surface area contributed by atoms with Gasteiger partial charge in [-0.15, -0.1) is 0 Å². The Morgan fingerprint density at radius 1 is 1.06 bits per heavy atom. The molecule has 1 amide bonds. The summed E-state index contributed by atoms with van der Waals surface area (Å²) >= 11 is 0. The van der Waals surface area contributed by atoms with E-state index in [9.17, 15) is 9.59 Å². The molecule has 0 spiro atoms. The van der Waals surface area contributed by atoms with Gasteiger partial charge in [-0.3, -0.25) is 4.79 Å². The first kappa shape index (κ1) is 27.4. The van der Waals surface area contributed by atoms with Gasteiger partial charge in [-0.05, 0) is 63.7 Å². The summed E-state index contributed by atoms with van der Waals surface area (Å²) in [5.41, 5.74) is -0.407. The predicted octanol–water partition coefficient (Wildman–Crippen LogP) is 6.20. The van der Waals surface area contributed by atoms with Crippen LogP contribution in [-0.2, 0) is 25.3 Å².